The maximum atomic E-state index is 2.16. The summed E-state index contributed by atoms with van der Waals surface area (Å²) in [6.45, 7) is 6.40. The Balaban J connectivity index is -0.000000196. The van der Waals surface area contributed by atoms with E-state index >= 15 is 0 Å². The molecule has 0 aliphatic heterocycles. The molecule has 0 bridgehead atoms. The smallest absolute Gasteiger partial charge is 1.00 e. The summed E-state index contributed by atoms with van der Waals surface area (Å²) in [5, 5.41) is 0. The second-order valence-electron chi connectivity index (χ2n) is 3.54. The van der Waals surface area contributed by atoms with Crippen molar-refractivity contribution in [2.75, 3.05) is 0 Å². The fourth-order valence-corrected chi connectivity index (χ4v) is 1.25. The van der Waals surface area contributed by atoms with Crippen LogP contribution in [-0.4, -0.2) is 0 Å². The van der Waals surface area contributed by atoms with Gasteiger partial charge < -0.3 is 24.8 Å². The summed E-state index contributed by atoms with van der Waals surface area (Å²) in [6.07, 6.45) is 1.16. The van der Waals surface area contributed by atoms with Gasteiger partial charge in [0.1, 0.15) is 0 Å². The van der Waals surface area contributed by atoms with Crippen LogP contribution in [0.3, 0.4) is 0 Å². The first-order chi connectivity index (χ1) is 6.74. The number of hydrogen-bond acceptors (Lipinski definition) is 0. The fourth-order valence-electron chi connectivity index (χ4n) is 1.25. The zero-order valence-electron chi connectivity index (χ0n) is 10.5. The molecule has 2 rings (SSSR count). The van der Waals surface area contributed by atoms with Crippen LogP contribution in [0, 0.1) is 13.8 Å². The molecule has 3 heteroatoms. The van der Waals surface area contributed by atoms with Crippen molar-refractivity contribution in [2.24, 2.45) is 0 Å². The number of hydrogen-bond donors (Lipinski definition) is 0. The summed E-state index contributed by atoms with van der Waals surface area (Å²) in [5.74, 6) is 0. The second kappa shape index (κ2) is 12.6. The van der Waals surface area contributed by atoms with Crippen LogP contribution in [0.25, 0.3) is 0 Å². The maximum Gasteiger partial charge on any atom is 4.00 e. The van der Waals surface area contributed by atoms with Gasteiger partial charge in [-0.3, -0.25) is 0 Å². The molecule has 0 unspecified atom stereocenters. The molecule has 17 heavy (non-hydrogen) atoms. The van der Waals surface area contributed by atoms with Crippen molar-refractivity contribution >= 4 is 0 Å². The molecule has 0 N–H and O–H groups in total. The summed E-state index contributed by atoms with van der Waals surface area (Å²) >= 11 is 0. The SMILES string of the molecule is CC[c-]1cccc1.Cc1ccc[c-]1C.[Cl-].[Cl-].[Hf+4]. The third kappa shape index (κ3) is 8.82. The van der Waals surface area contributed by atoms with Gasteiger partial charge in [-0.1, -0.05) is 27.2 Å². The van der Waals surface area contributed by atoms with E-state index in [1.54, 1.807) is 0 Å². The molecular weight excluding hydrogens is 418 g/mol. The molecule has 0 heterocycles. The molecule has 92 valence electrons. The molecule has 0 radical (unpaired) electrons. The predicted octanol–water partition coefficient (Wildman–Crippen LogP) is -2.00. The van der Waals surface area contributed by atoms with E-state index in [0.717, 1.165) is 6.42 Å². The van der Waals surface area contributed by atoms with E-state index in [1.807, 2.05) is 0 Å². The average molecular weight is 436 g/mol. The molecule has 2 aromatic rings. The van der Waals surface area contributed by atoms with Crippen LogP contribution < -0.4 is 24.8 Å². The average Bonchev–Trinajstić information content (AvgIpc) is 2.80. The molecular formula is C14H18Cl2Hf. The summed E-state index contributed by atoms with van der Waals surface area (Å²) in [4.78, 5) is 0. The first kappa shape index (κ1) is 22.3. The second-order valence-corrected chi connectivity index (χ2v) is 3.54. The van der Waals surface area contributed by atoms with E-state index in [1.165, 1.54) is 16.7 Å². The van der Waals surface area contributed by atoms with Gasteiger partial charge in [-0.25, -0.2) is 24.3 Å². The maximum absolute atomic E-state index is 2.16. The third-order valence-corrected chi connectivity index (χ3v) is 2.45. The summed E-state index contributed by atoms with van der Waals surface area (Å²) in [5.41, 5.74) is 4.21. The van der Waals surface area contributed by atoms with E-state index < -0.39 is 0 Å². The first-order valence-corrected chi connectivity index (χ1v) is 5.13. The monoisotopic (exact) mass is 436 g/mol. The Morgan fingerprint density at radius 1 is 1.00 bits per heavy atom. The number of aryl methyl sites for hydroxylation is 3. The quantitative estimate of drug-likeness (QED) is 0.359. The van der Waals surface area contributed by atoms with Gasteiger partial charge >= 0.3 is 25.8 Å². The molecule has 0 fully saturated rings. The molecule has 0 spiro atoms. The van der Waals surface area contributed by atoms with Crippen LogP contribution >= 0.6 is 0 Å². The number of halogens is 2. The van der Waals surface area contributed by atoms with Crippen molar-refractivity contribution in [3.05, 3.63) is 59.2 Å². The van der Waals surface area contributed by atoms with Gasteiger partial charge in [0.05, 0.1) is 0 Å². The van der Waals surface area contributed by atoms with Crippen LogP contribution in [0.5, 0.6) is 0 Å². The van der Waals surface area contributed by atoms with E-state index in [9.17, 15) is 0 Å². The van der Waals surface area contributed by atoms with Crippen molar-refractivity contribution in [3.8, 4) is 0 Å². The largest absolute Gasteiger partial charge is 4.00 e. The summed E-state index contributed by atoms with van der Waals surface area (Å²) < 4.78 is 0. The standard InChI is InChI=1S/2C7H9.2ClH.Hf/c1-6-4-3-5-7(6)2;1-2-7-5-3-4-6-7;;;/h3-5H,1-2H3;3-6H,2H2,1H3;2*1H;/q2*-1;;;+4/p-2. The van der Waals surface area contributed by atoms with Crippen molar-refractivity contribution < 1.29 is 50.7 Å². The number of rotatable bonds is 1. The zero-order chi connectivity index (χ0) is 10.4. The van der Waals surface area contributed by atoms with Crippen LogP contribution in [0.1, 0.15) is 23.6 Å². The first-order valence-electron chi connectivity index (χ1n) is 5.13. The Morgan fingerprint density at radius 3 is 1.71 bits per heavy atom. The van der Waals surface area contributed by atoms with E-state index in [4.69, 9.17) is 0 Å². The predicted molar refractivity (Wildman–Crippen MR) is 62.9 cm³/mol. The van der Waals surface area contributed by atoms with Crippen molar-refractivity contribution in [2.45, 2.75) is 27.2 Å². The Hall–Kier alpha value is 0.150. The molecule has 0 atom stereocenters. The summed E-state index contributed by atoms with van der Waals surface area (Å²) in [7, 11) is 0. The summed E-state index contributed by atoms with van der Waals surface area (Å²) in [6, 6.07) is 14.7. The molecule has 0 saturated carbocycles. The van der Waals surface area contributed by atoms with Gasteiger partial charge in [0.25, 0.3) is 0 Å². The van der Waals surface area contributed by atoms with Gasteiger partial charge in [0, 0.05) is 0 Å². The molecule has 0 saturated heterocycles. The van der Waals surface area contributed by atoms with E-state index in [-0.39, 0.29) is 50.7 Å². The van der Waals surface area contributed by atoms with Gasteiger partial charge in [-0.05, 0) is 0 Å². The molecule has 0 aliphatic rings. The minimum atomic E-state index is 0. The van der Waals surface area contributed by atoms with E-state index in [0.29, 0.717) is 0 Å². The minimum absolute atomic E-state index is 0. The fraction of sp³-hybridized carbons (Fsp3) is 0.286. The van der Waals surface area contributed by atoms with Crippen LogP contribution in [-0.2, 0) is 32.3 Å². The zero-order valence-corrected chi connectivity index (χ0v) is 15.6. The third-order valence-electron chi connectivity index (χ3n) is 2.45. The topological polar surface area (TPSA) is 0 Å². The van der Waals surface area contributed by atoms with Crippen LogP contribution in [0.4, 0.5) is 0 Å². The minimum Gasteiger partial charge on any atom is -1.00 e. The van der Waals surface area contributed by atoms with Crippen molar-refractivity contribution in [1.82, 2.24) is 0 Å². The molecule has 0 aromatic heterocycles. The Morgan fingerprint density at radius 2 is 1.53 bits per heavy atom. The van der Waals surface area contributed by atoms with Gasteiger partial charge in [0.15, 0.2) is 0 Å². The molecule has 2 aromatic carbocycles. The molecule has 0 aliphatic carbocycles. The Labute approximate surface area is 136 Å². The van der Waals surface area contributed by atoms with Gasteiger partial charge in [-0.15, -0.1) is 0 Å². The van der Waals surface area contributed by atoms with E-state index in [2.05, 4.69) is 63.2 Å². The van der Waals surface area contributed by atoms with Crippen LogP contribution in [0.2, 0.25) is 0 Å². The molecule has 0 nitrogen and oxygen atoms in total. The van der Waals surface area contributed by atoms with Crippen molar-refractivity contribution in [1.29, 1.82) is 0 Å². The van der Waals surface area contributed by atoms with Gasteiger partial charge in [-0.2, -0.15) is 34.9 Å². The normalized spacial score (nSPS) is 7.71. The Bertz CT molecular complexity index is 333. The van der Waals surface area contributed by atoms with Crippen molar-refractivity contribution in [3.63, 3.8) is 0 Å². The molecule has 0 amide bonds. The van der Waals surface area contributed by atoms with Crippen LogP contribution in [0.15, 0.2) is 42.5 Å². The van der Waals surface area contributed by atoms with Gasteiger partial charge in [0.2, 0.25) is 0 Å². The Kier molecular flexibility index (Phi) is 16.6.